The predicted molar refractivity (Wildman–Crippen MR) is 70.1 cm³/mol. The number of benzene rings is 1. The van der Waals surface area contributed by atoms with Crippen LogP contribution < -0.4 is 0 Å². The molecule has 1 aliphatic rings. The smallest absolute Gasteiger partial charge is 0.223 e. The Morgan fingerprint density at radius 3 is 2.79 bits per heavy atom. The maximum Gasteiger partial charge on any atom is 0.223 e. The van der Waals surface area contributed by atoms with Gasteiger partial charge in [0.05, 0.1) is 6.54 Å². The molecule has 102 valence electrons. The number of halogens is 1. The normalized spacial score (nSPS) is 18.9. The largest absolute Gasteiger partial charge is 0.335 e. The number of carbonyl (C=O) groups is 2. The van der Waals surface area contributed by atoms with E-state index >= 15 is 0 Å². The highest BCUT2D eigenvalue weighted by Gasteiger charge is 2.29. The van der Waals surface area contributed by atoms with Crippen LogP contribution in [0, 0.1) is 11.7 Å². The van der Waals surface area contributed by atoms with Crippen LogP contribution in [0.15, 0.2) is 24.3 Å². The molecule has 3 nitrogen and oxygen atoms in total. The van der Waals surface area contributed by atoms with Crippen molar-refractivity contribution in [2.24, 2.45) is 5.92 Å². The van der Waals surface area contributed by atoms with Crippen LogP contribution in [0.25, 0.3) is 0 Å². The third kappa shape index (κ3) is 3.40. The molecule has 0 bridgehead atoms. The second-order valence-corrected chi connectivity index (χ2v) is 5.06. The van der Waals surface area contributed by atoms with Crippen LogP contribution in [-0.4, -0.2) is 29.7 Å². The Hall–Kier alpha value is -1.71. The minimum atomic E-state index is -0.366. The van der Waals surface area contributed by atoms with Crippen molar-refractivity contribution in [1.29, 1.82) is 0 Å². The van der Waals surface area contributed by atoms with Gasteiger partial charge in [0.2, 0.25) is 5.91 Å². The molecule has 0 saturated carbocycles. The van der Waals surface area contributed by atoms with Crippen LogP contribution in [0.2, 0.25) is 0 Å². The molecule has 1 heterocycles. The van der Waals surface area contributed by atoms with Gasteiger partial charge in [-0.3, -0.25) is 9.59 Å². The molecule has 1 atom stereocenters. The summed E-state index contributed by atoms with van der Waals surface area (Å²) in [5, 5.41) is 0. The average Bonchev–Trinajstić information content (AvgIpc) is 2.73. The monoisotopic (exact) mass is 263 g/mol. The van der Waals surface area contributed by atoms with E-state index in [1.807, 2.05) is 6.92 Å². The standard InChI is InChI=1S/C15H18FNO2/c1-2-11-7-15(19)17(9-11)10-13(18)8-12-5-3-4-6-14(12)16/h3-6,11H,2,7-10H2,1H3. The fraction of sp³-hybridized carbons (Fsp3) is 0.467. The van der Waals surface area contributed by atoms with Crippen LogP contribution >= 0.6 is 0 Å². The number of Topliss-reactive ketones (excluding diaryl/α,β-unsaturated/α-hetero) is 1. The molecular formula is C15H18FNO2. The maximum atomic E-state index is 13.4. The summed E-state index contributed by atoms with van der Waals surface area (Å²) in [6.07, 6.45) is 1.53. The zero-order valence-corrected chi connectivity index (χ0v) is 11.1. The van der Waals surface area contributed by atoms with Gasteiger partial charge in [0.25, 0.3) is 0 Å². The number of likely N-dealkylation sites (tertiary alicyclic amines) is 1. The van der Waals surface area contributed by atoms with Gasteiger partial charge < -0.3 is 4.90 Å². The summed E-state index contributed by atoms with van der Waals surface area (Å²) in [6.45, 7) is 2.80. The number of hydrogen-bond donors (Lipinski definition) is 0. The highest BCUT2D eigenvalue weighted by molar-refractivity contribution is 5.88. The molecule has 1 aromatic carbocycles. The summed E-state index contributed by atoms with van der Waals surface area (Å²) in [7, 11) is 0. The molecule has 1 fully saturated rings. The summed E-state index contributed by atoms with van der Waals surface area (Å²) in [5.74, 6) is -0.0901. The Kier molecular flexibility index (Phi) is 4.30. The Bertz CT molecular complexity index is 487. The molecule has 0 aliphatic carbocycles. The zero-order valence-electron chi connectivity index (χ0n) is 11.1. The quantitative estimate of drug-likeness (QED) is 0.816. The fourth-order valence-corrected chi connectivity index (χ4v) is 2.40. The number of rotatable bonds is 5. The number of carbonyl (C=O) groups excluding carboxylic acids is 2. The molecule has 4 heteroatoms. The zero-order chi connectivity index (χ0) is 13.8. The van der Waals surface area contributed by atoms with E-state index in [0.717, 1.165) is 6.42 Å². The first kappa shape index (κ1) is 13.7. The van der Waals surface area contributed by atoms with Gasteiger partial charge in [0.15, 0.2) is 5.78 Å². The molecule has 1 unspecified atom stereocenters. The van der Waals surface area contributed by atoms with Crippen molar-refractivity contribution in [3.63, 3.8) is 0 Å². The van der Waals surface area contributed by atoms with Gasteiger partial charge in [-0.15, -0.1) is 0 Å². The van der Waals surface area contributed by atoms with Crippen LogP contribution in [0.1, 0.15) is 25.3 Å². The number of ketones is 1. The lowest BCUT2D eigenvalue weighted by Crippen LogP contribution is -2.32. The third-order valence-electron chi connectivity index (χ3n) is 3.58. The summed E-state index contributed by atoms with van der Waals surface area (Å²) in [4.78, 5) is 25.2. The van der Waals surface area contributed by atoms with Crippen LogP contribution in [-0.2, 0) is 16.0 Å². The van der Waals surface area contributed by atoms with Crippen LogP contribution in [0.5, 0.6) is 0 Å². The fourth-order valence-electron chi connectivity index (χ4n) is 2.40. The van der Waals surface area contributed by atoms with Crippen molar-refractivity contribution in [3.8, 4) is 0 Å². The minimum Gasteiger partial charge on any atom is -0.335 e. The molecule has 2 rings (SSSR count). The van der Waals surface area contributed by atoms with Gasteiger partial charge >= 0.3 is 0 Å². The molecule has 1 aromatic rings. The summed E-state index contributed by atoms with van der Waals surface area (Å²) in [5.41, 5.74) is 0.395. The van der Waals surface area contributed by atoms with Gasteiger partial charge in [0.1, 0.15) is 5.82 Å². The lowest BCUT2D eigenvalue weighted by Gasteiger charge is -2.15. The van der Waals surface area contributed by atoms with Crippen molar-refractivity contribution < 1.29 is 14.0 Å². The molecule has 0 spiro atoms. The van der Waals surface area contributed by atoms with Gasteiger partial charge in [-0.05, 0) is 17.5 Å². The predicted octanol–water partition coefficient (Wildman–Crippen LogP) is 2.20. The highest BCUT2D eigenvalue weighted by Crippen LogP contribution is 2.20. The first-order chi connectivity index (χ1) is 9.10. The van der Waals surface area contributed by atoms with Crippen molar-refractivity contribution in [3.05, 3.63) is 35.6 Å². The molecule has 1 aliphatic heterocycles. The van der Waals surface area contributed by atoms with Gasteiger partial charge in [-0.25, -0.2) is 4.39 Å². The van der Waals surface area contributed by atoms with Crippen molar-refractivity contribution in [2.45, 2.75) is 26.2 Å². The number of hydrogen-bond acceptors (Lipinski definition) is 2. The third-order valence-corrected chi connectivity index (χ3v) is 3.58. The molecule has 1 saturated heterocycles. The van der Waals surface area contributed by atoms with E-state index in [-0.39, 0.29) is 30.5 Å². The van der Waals surface area contributed by atoms with Crippen molar-refractivity contribution in [1.82, 2.24) is 4.90 Å². The SMILES string of the molecule is CCC1CC(=O)N(CC(=O)Cc2ccccc2F)C1. The molecule has 0 aromatic heterocycles. The molecule has 19 heavy (non-hydrogen) atoms. The van der Waals surface area contributed by atoms with Gasteiger partial charge in [0, 0.05) is 19.4 Å². The Labute approximate surface area is 112 Å². The molecule has 0 N–H and O–H groups in total. The van der Waals surface area contributed by atoms with Gasteiger partial charge in [-0.1, -0.05) is 31.5 Å². The number of nitrogens with zero attached hydrogens (tertiary/aromatic N) is 1. The Morgan fingerprint density at radius 1 is 1.42 bits per heavy atom. The minimum absolute atomic E-state index is 0.0359. The van der Waals surface area contributed by atoms with E-state index in [2.05, 4.69) is 0 Å². The molecule has 1 amide bonds. The number of amides is 1. The van der Waals surface area contributed by atoms with Crippen LogP contribution in [0.4, 0.5) is 4.39 Å². The molecular weight excluding hydrogens is 245 g/mol. The second kappa shape index (κ2) is 5.95. The summed E-state index contributed by atoms with van der Waals surface area (Å²) in [6, 6.07) is 6.25. The van der Waals surface area contributed by atoms with E-state index in [1.54, 1.807) is 23.1 Å². The molecule has 0 radical (unpaired) electrons. The average molecular weight is 263 g/mol. The highest BCUT2D eigenvalue weighted by atomic mass is 19.1. The summed E-state index contributed by atoms with van der Waals surface area (Å²) >= 11 is 0. The lowest BCUT2D eigenvalue weighted by molar-refractivity contribution is -0.132. The van der Waals surface area contributed by atoms with E-state index in [4.69, 9.17) is 0 Å². The van der Waals surface area contributed by atoms with E-state index in [0.29, 0.717) is 24.4 Å². The van der Waals surface area contributed by atoms with E-state index < -0.39 is 0 Å². The van der Waals surface area contributed by atoms with E-state index in [9.17, 15) is 14.0 Å². The van der Waals surface area contributed by atoms with Crippen LogP contribution in [0.3, 0.4) is 0 Å². The lowest BCUT2D eigenvalue weighted by atomic mass is 10.1. The van der Waals surface area contributed by atoms with Crippen molar-refractivity contribution in [2.75, 3.05) is 13.1 Å². The second-order valence-electron chi connectivity index (χ2n) is 5.06. The Balaban J connectivity index is 1.92. The summed E-state index contributed by atoms with van der Waals surface area (Å²) < 4.78 is 13.4. The topological polar surface area (TPSA) is 37.4 Å². The van der Waals surface area contributed by atoms with E-state index in [1.165, 1.54) is 6.07 Å². The van der Waals surface area contributed by atoms with Crippen molar-refractivity contribution >= 4 is 11.7 Å². The van der Waals surface area contributed by atoms with Gasteiger partial charge in [-0.2, -0.15) is 0 Å². The Morgan fingerprint density at radius 2 is 2.16 bits per heavy atom. The maximum absolute atomic E-state index is 13.4. The first-order valence-corrected chi connectivity index (χ1v) is 6.63. The first-order valence-electron chi connectivity index (χ1n) is 6.63.